The molecule has 0 bridgehead atoms. The van der Waals surface area contributed by atoms with E-state index in [2.05, 4.69) is 15.9 Å². The molecule has 1 aromatic heterocycles. The van der Waals surface area contributed by atoms with Crippen LogP contribution in [0.3, 0.4) is 0 Å². The molecule has 0 radical (unpaired) electrons. The first-order chi connectivity index (χ1) is 11.7. The molecule has 1 atom stereocenters. The Hall–Kier alpha value is -2.17. The van der Waals surface area contributed by atoms with Crippen molar-refractivity contribution in [1.82, 2.24) is 0 Å². The van der Waals surface area contributed by atoms with Gasteiger partial charge in [0.2, 0.25) is 0 Å². The Morgan fingerprint density at radius 1 is 0.833 bits per heavy atom. The number of halogens is 1. The van der Waals surface area contributed by atoms with Crippen molar-refractivity contribution in [2.45, 2.75) is 9.79 Å². The van der Waals surface area contributed by atoms with Crippen LogP contribution in [0.2, 0.25) is 0 Å². The van der Waals surface area contributed by atoms with E-state index >= 15 is 0 Å². The van der Waals surface area contributed by atoms with Crippen LogP contribution in [0.1, 0.15) is 0 Å². The van der Waals surface area contributed by atoms with E-state index in [1.165, 1.54) is 0 Å². The highest BCUT2D eigenvalue weighted by atomic mass is 79.9. The molecule has 24 heavy (non-hydrogen) atoms. The molecule has 4 aromatic rings. The summed E-state index contributed by atoms with van der Waals surface area (Å²) >= 11 is 3.50. The summed E-state index contributed by atoms with van der Waals surface area (Å²) in [5.74, 6) is 0.658. The zero-order valence-corrected chi connectivity index (χ0v) is 15.0. The second kappa shape index (κ2) is 6.38. The maximum atomic E-state index is 13.3. The molecule has 2 nitrogen and oxygen atoms in total. The maximum absolute atomic E-state index is 13.3. The van der Waals surface area contributed by atoms with E-state index in [-0.39, 0.29) is 0 Å². The zero-order valence-electron chi connectivity index (χ0n) is 12.6. The number of hydrogen-bond acceptors (Lipinski definition) is 2. The van der Waals surface area contributed by atoms with E-state index < -0.39 is 10.8 Å². The van der Waals surface area contributed by atoms with Gasteiger partial charge in [-0.15, -0.1) is 0 Å². The van der Waals surface area contributed by atoms with Gasteiger partial charge in [-0.2, -0.15) is 0 Å². The van der Waals surface area contributed by atoms with Gasteiger partial charge in [0.15, 0.2) is 5.76 Å². The first kappa shape index (κ1) is 15.4. The molecule has 0 aliphatic carbocycles. The average Bonchev–Trinajstić information content (AvgIpc) is 3.01. The minimum absolute atomic E-state index is 0.658. The Morgan fingerprint density at radius 3 is 2.21 bits per heavy atom. The van der Waals surface area contributed by atoms with Crippen LogP contribution < -0.4 is 0 Å². The van der Waals surface area contributed by atoms with Gasteiger partial charge in [-0.1, -0.05) is 64.5 Å². The van der Waals surface area contributed by atoms with Crippen molar-refractivity contribution in [3.63, 3.8) is 0 Å². The third-order valence-corrected chi connectivity index (χ3v) is 5.75. The highest BCUT2D eigenvalue weighted by molar-refractivity contribution is 9.10. The summed E-state index contributed by atoms with van der Waals surface area (Å²) < 4.78 is 20.3. The number of benzene rings is 3. The van der Waals surface area contributed by atoms with Crippen LogP contribution in [0.15, 0.2) is 97.5 Å². The van der Waals surface area contributed by atoms with E-state index in [0.717, 1.165) is 25.9 Å². The molecule has 0 saturated carbocycles. The van der Waals surface area contributed by atoms with E-state index in [0.29, 0.717) is 10.7 Å². The van der Waals surface area contributed by atoms with Gasteiger partial charge in [-0.05, 0) is 30.3 Å². The SMILES string of the molecule is O=[S@](c1ccccc1)c1c(-c2ccccc2)oc2ccc(Br)cc12. The summed E-state index contributed by atoms with van der Waals surface area (Å²) in [4.78, 5) is 1.47. The molecule has 0 saturated heterocycles. The van der Waals surface area contributed by atoms with Crippen molar-refractivity contribution in [3.05, 3.63) is 83.3 Å². The molecular formula is C20H13BrO2S. The van der Waals surface area contributed by atoms with Crippen LogP contribution in [0, 0.1) is 0 Å². The highest BCUT2D eigenvalue weighted by Crippen LogP contribution is 2.38. The lowest BCUT2D eigenvalue weighted by atomic mass is 10.1. The lowest BCUT2D eigenvalue weighted by Crippen LogP contribution is -1.93. The lowest BCUT2D eigenvalue weighted by molar-refractivity contribution is 0.622. The largest absolute Gasteiger partial charge is 0.455 e. The van der Waals surface area contributed by atoms with Crippen LogP contribution >= 0.6 is 15.9 Å². The second-order valence-electron chi connectivity index (χ2n) is 5.35. The normalized spacial score (nSPS) is 12.4. The third-order valence-electron chi connectivity index (χ3n) is 3.78. The number of fused-ring (bicyclic) bond motifs is 1. The lowest BCUT2D eigenvalue weighted by Gasteiger charge is -2.04. The number of hydrogen-bond donors (Lipinski definition) is 0. The van der Waals surface area contributed by atoms with E-state index in [9.17, 15) is 4.21 Å². The minimum Gasteiger partial charge on any atom is -0.455 e. The quantitative estimate of drug-likeness (QED) is 0.423. The molecule has 0 unspecified atom stereocenters. The second-order valence-corrected chi connectivity index (χ2v) is 7.68. The van der Waals surface area contributed by atoms with Crippen LogP contribution in [0.5, 0.6) is 0 Å². The highest BCUT2D eigenvalue weighted by Gasteiger charge is 2.22. The van der Waals surface area contributed by atoms with Gasteiger partial charge in [0.1, 0.15) is 5.58 Å². The smallest absolute Gasteiger partial charge is 0.151 e. The van der Waals surface area contributed by atoms with Gasteiger partial charge in [-0.3, -0.25) is 0 Å². The fourth-order valence-electron chi connectivity index (χ4n) is 2.67. The first-order valence-electron chi connectivity index (χ1n) is 7.48. The Balaban J connectivity index is 2.01. The molecule has 4 rings (SSSR count). The minimum atomic E-state index is -1.33. The predicted octanol–water partition coefficient (Wildman–Crippen LogP) is 6.03. The third kappa shape index (κ3) is 2.72. The van der Waals surface area contributed by atoms with Crippen LogP contribution in [-0.2, 0) is 10.8 Å². The van der Waals surface area contributed by atoms with Gasteiger partial charge >= 0.3 is 0 Å². The molecule has 0 N–H and O–H groups in total. The predicted molar refractivity (Wildman–Crippen MR) is 100 cm³/mol. The summed E-state index contributed by atoms with van der Waals surface area (Å²) in [7, 11) is -1.33. The fraction of sp³-hybridized carbons (Fsp3) is 0. The van der Waals surface area contributed by atoms with E-state index in [1.807, 2.05) is 78.9 Å². The summed E-state index contributed by atoms with van der Waals surface area (Å²) in [5.41, 5.74) is 1.65. The molecule has 0 amide bonds. The van der Waals surface area contributed by atoms with Gasteiger partial charge in [0, 0.05) is 20.3 Å². The number of furan rings is 1. The molecule has 0 spiro atoms. The molecule has 4 heteroatoms. The summed E-state index contributed by atoms with van der Waals surface area (Å²) in [6.45, 7) is 0. The van der Waals surface area contributed by atoms with Crippen LogP contribution in [-0.4, -0.2) is 4.21 Å². The van der Waals surface area contributed by atoms with Gasteiger partial charge in [-0.25, -0.2) is 4.21 Å². The molecule has 0 aliphatic rings. The summed E-state index contributed by atoms with van der Waals surface area (Å²) in [6.07, 6.45) is 0. The standard InChI is InChI=1S/C20H13BrO2S/c21-15-11-12-18-17(13-15)20(24(22)16-9-5-2-6-10-16)19(23-18)14-7-3-1-4-8-14/h1-13H/t24-/m1/s1. The van der Waals surface area contributed by atoms with Gasteiger partial charge in [0.05, 0.1) is 15.7 Å². The summed E-state index contributed by atoms with van der Waals surface area (Å²) in [5, 5.41) is 0.866. The Kier molecular flexibility index (Phi) is 4.08. The van der Waals surface area contributed by atoms with Crippen molar-refractivity contribution in [2.24, 2.45) is 0 Å². The Bertz CT molecular complexity index is 1020. The molecular weight excluding hydrogens is 384 g/mol. The van der Waals surface area contributed by atoms with Crippen molar-refractivity contribution in [3.8, 4) is 11.3 Å². The van der Waals surface area contributed by atoms with Crippen molar-refractivity contribution in [2.75, 3.05) is 0 Å². The molecule has 0 fully saturated rings. The molecule has 1 heterocycles. The van der Waals surface area contributed by atoms with E-state index in [1.54, 1.807) is 0 Å². The van der Waals surface area contributed by atoms with Gasteiger partial charge in [0.25, 0.3) is 0 Å². The average molecular weight is 397 g/mol. The maximum Gasteiger partial charge on any atom is 0.151 e. The topological polar surface area (TPSA) is 30.2 Å². The monoisotopic (exact) mass is 396 g/mol. The zero-order chi connectivity index (χ0) is 16.5. The van der Waals surface area contributed by atoms with E-state index in [4.69, 9.17) is 4.42 Å². The molecule has 0 aliphatic heterocycles. The van der Waals surface area contributed by atoms with Gasteiger partial charge < -0.3 is 4.42 Å². The van der Waals surface area contributed by atoms with Crippen molar-refractivity contribution >= 4 is 37.7 Å². The summed E-state index contributed by atoms with van der Waals surface area (Å²) in [6, 6.07) is 25.1. The Morgan fingerprint density at radius 2 is 1.50 bits per heavy atom. The fourth-order valence-corrected chi connectivity index (χ4v) is 4.36. The Labute approximate surface area is 150 Å². The van der Waals surface area contributed by atoms with Crippen LogP contribution in [0.4, 0.5) is 0 Å². The van der Waals surface area contributed by atoms with Crippen molar-refractivity contribution < 1.29 is 8.63 Å². The first-order valence-corrected chi connectivity index (χ1v) is 9.42. The number of rotatable bonds is 3. The van der Waals surface area contributed by atoms with Crippen molar-refractivity contribution in [1.29, 1.82) is 0 Å². The molecule has 118 valence electrons. The molecule has 3 aromatic carbocycles. The van der Waals surface area contributed by atoms with Crippen LogP contribution in [0.25, 0.3) is 22.3 Å².